The molecule has 0 spiro atoms. The molecular formula is C26H19Cl2NO6. The van der Waals surface area contributed by atoms with Crippen LogP contribution in [0.2, 0.25) is 10.0 Å². The number of halogens is 2. The quantitative estimate of drug-likeness (QED) is 0.145. The number of hydrogen-bond acceptors (Lipinski definition) is 6. The summed E-state index contributed by atoms with van der Waals surface area (Å²) >= 11 is 12.0. The Morgan fingerprint density at radius 3 is 2.29 bits per heavy atom. The molecule has 0 aliphatic heterocycles. The zero-order valence-corrected chi connectivity index (χ0v) is 19.7. The second kappa shape index (κ2) is 12.0. The van der Waals surface area contributed by atoms with E-state index in [2.05, 4.69) is 0 Å². The minimum absolute atomic E-state index is 0.103. The fourth-order valence-corrected chi connectivity index (χ4v) is 3.43. The second-order valence-electron chi connectivity index (χ2n) is 7.37. The third-order valence-electron chi connectivity index (χ3n) is 4.76. The van der Waals surface area contributed by atoms with Gasteiger partial charge in [-0.1, -0.05) is 47.5 Å². The van der Waals surface area contributed by atoms with E-state index in [9.17, 15) is 24.8 Å². The summed E-state index contributed by atoms with van der Waals surface area (Å²) in [6.07, 6.45) is 4.78. The first-order valence-electron chi connectivity index (χ1n) is 10.3. The van der Waals surface area contributed by atoms with Gasteiger partial charge < -0.3 is 9.84 Å². The fraction of sp³-hybridized carbons (Fsp3) is 0.0769. The lowest BCUT2D eigenvalue weighted by Gasteiger charge is -2.09. The van der Waals surface area contributed by atoms with Gasteiger partial charge >= 0.3 is 0 Å². The molecule has 1 N–H and O–H groups in total. The smallest absolute Gasteiger partial charge is 0.276 e. The van der Waals surface area contributed by atoms with Gasteiger partial charge in [0.05, 0.1) is 16.9 Å². The molecule has 0 fully saturated rings. The highest BCUT2D eigenvalue weighted by Crippen LogP contribution is 2.27. The van der Waals surface area contributed by atoms with Crippen LogP contribution >= 0.6 is 23.2 Å². The van der Waals surface area contributed by atoms with Crippen LogP contribution in [0.1, 0.15) is 23.1 Å². The van der Waals surface area contributed by atoms with Crippen molar-refractivity contribution in [2.75, 3.05) is 0 Å². The Balaban J connectivity index is 1.67. The number of aromatic hydroxyl groups is 1. The van der Waals surface area contributed by atoms with Crippen molar-refractivity contribution < 1.29 is 24.4 Å². The van der Waals surface area contributed by atoms with Crippen molar-refractivity contribution in [3.05, 3.63) is 110 Å². The van der Waals surface area contributed by atoms with Gasteiger partial charge in [0.2, 0.25) is 0 Å². The van der Waals surface area contributed by atoms with E-state index in [1.165, 1.54) is 48.6 Å². The molecule has 0 amide bonds. The highest BCUT2D eigenvalue weighted by Gasteiger charge is 2.14. The molecule has 0 heterocycles. The summed E-state index contributed by atoms with van der Waals surface area (Å²) in [5, 5.41) is 21.6. The number of nitro groups is 1. The maximum Gasteiger partial charge on any atom is 0.276 e. The third-order valence-corrected chi connectivity index (χ3v) is 5.34. The summed E-state index contributed by atoms with van der Waals surface area (Å²) in [6.45, 7) is 0.109. The van der Waals surface area contributed by atoms with Crippen molar-refractivity contribution in [1.29, 1.82) is 0 Å². The van der Waals surface area contributed by atoms with Crippen molar-refractivity contribution in [3.63, 3.8) is 0 Å². The topological polar surface area (TPSA) is 107 Å². The summed E-state index contributed by atoms with van der Waals surface area (Å²) in [5.74, 6) is -0.508. The third kappa shape index (κ3) is 7.81. The summed E-state index contributed by atoms with van der Waals surface area (Å²) in [7, 11) is 0. The highest BCUT2D eigenvalue weighted by molar-refractivity contribution is 6.35. The van der Waals surface area contributed by atoms with Gasteiger partial charge in [0.25, 0.3) is 5.69 Å². The minimum atomic E-state index is -0.574. The lowest BCUT2D eigenvalue weighted by atomic mass is 10.1. The zero-order chi connectivity index (χ0) is 25.4. The normalized spacial score (nSPS) is 11.1. The van der Waals surface area contributed by atoms with Gasteiger partial charge in [-0.15, -0.1) is 0 Å². The molecule has 0 aliphatic rings. The predicted molar refractivity (Wildman–Crippen MR) is 135 cm³/mol. The molecule has 0 saturated heterocycles. The van der Waals surface area contributed by atoms with Crippen LogP contribution in [0, 0.1) is 10.1 Å². The molecule has 35 heavy (non-hydrogen) atoms. The van der Waals surface area contributed by atoms with Crippen LogP contribution in [0.15, 0.2) is 72.8 Å². The maximum absolute atomic E-state index is 12.2. The molecule has 7 nitrogen and oxygen atoms in total. The number of allylic oxidation sites excluding steroid dienone is 2. The molecule has 0 aromatic heterocycles. The SMILES string of the molecule is O=C(C=Cc1ccc(O)cc1)CC(=O)C=Cc1cc(OCc2ccc(Cl)cc2Cl)ccc1[N+](=O)[O-]. The summed E-state index contributed by atoms with van der Waals surface area (Å²) in [5.41, 5.74) is 1.30. The molecule has 0 saturated carbocycles. The largest absolute Gasteiger partial charge is 0.508 e. The molecule has 3 aromatic rings. The summed E-state index contributed by atoms with van der Waals surface area (Å²) in [6, 6.07) is 15.3. The molecule has 3 rings (SSSR count). The molecule has 0 atom stereocenters. The molecule has 0 radical (unpaired) electrons. The zero-order valence-electron chi connectivity index (χ0n) is 18.2. The number of hydrogen-bond donors (Lipinski definition) is 1. The van der Waals surface area contributed by atoms with Gasteiger partial charge in [-0.05, 0) is 60.2 Å². The van der Waals surface area contributed by atoms with Crippen molar-refractivity contribution in [2.45, 2.75) is 13.0 Å². The van der Waals surface area contributed by atoms with E-state index in [0.29, 0.717) is 26.9 Å². The maximum atomic E-state index is 12.2. The Bertz CT molecular complexity index is 1320. The molecule has 3 aromatic carbocycles. The number of phenols is 1. The number of rotatable bonds is 10. The predicted octanol–water partition coefficient (Wildman–Crippen LogP) is 6.44. The molecule has 9 heteroatoms. The molecule has 0 aliphatic carbocycles. The van der Waals surface area contributed by atoms with Crippen LogP contribution in [0.25, 0.3) is 12.2 Å². The van der Waals surface area contributed by atoms with E-state index in [1.54, 1.807) is 30.3 Å². The number of benzene rings is 3. The van der Waals surface area contributed by atoms with Crippen molar-refractivity contribution in [1.82, 2.24) is 0 Å². The van der Waals surface area contributed by atoms with Gasteiger partial charge in [-0.25, -0.2) is 0 Å². The number of nitro benzene ring substituents is 1. The van der Waals surface area contributed by atoms with E-state index in [4.69, 9.17) is 27.9 Å². The standard InChI is InChI=1S/C26H19Cl2NO6/c27-20-6-4-19(25(28)14-20)16-35-24-11-12-26(29(33)34)18(13-24)5-10-23(32)15-22(31)9-3-17-1-7-21(30)8-2-17/h1-14,30H,15-16H2. The number of carbonyl (C=O) groups excluding carboxylic acids is 2. The van der Waals surface area contributed by atoms with Crippen molar-refractivity contribution in [3.8, 4) is 11.5 Å². The van der Waals surface area contributed by atoms with Crippen molar-refractivity contribution >= 4 is 52.6 Å². The Morgan fingerprint density at radius 2 is 1.63 bits per heavy atom. The average molecular weight is 512 g/mol. The van der Waals surface area contributed by atoms with Crippen LogP contribution in [-0.2, 0) is 16.2 Å². The number of ketones is 2. The lowest BCUT2D eigenvalue weighted by molar-refractivity contribution is -0.385. The van der Waals surface area contributed by atoms with Crippen LogP contribution < -0.4 is 4.74 Å². The first-order chi connectivity index (χ1) is 16.7. The van der Waals surface area contributed by atoms with E-state index < -0.39 is 22.9 Å². The monoisotopic (exact) mass is 511 g/mol. The number of phenolic OH excluding ortho intramolecular Hbond substituents is 1. The molecular weight excluding hydrogens is 493 g/mol. The second-order valence-corrected chi connectivity index (χ2v) is 8.21. The van der Waals surface area contributed by atoms with Crippen LogP contribution in [0.4, 0.5) is 5.69 Å². The minimum Gasteiger partial charge on any atom is -0.508 e. The van der Waals surface area contributed by atoms with E-state index in [-0.39, 0.29) is 23.6 Å². The number of nitrogens with zero attached hydrogens (tertiary/aromatic N) is 1. The number of ether oxygens (including phenoxy) is 1. The first kappa shape index (κ1) is 25.7. The highest BCUT2D eigenvalue weighted by atomic mass is 35.5. The molecule has 0 bridgehead atoms. The first-order valence-corrected chi connectivity index (χ1v) is 11.0. The summed E-state index contributed by atoms with van der Waals surface area (Å²) < 4.78 is 5.69. The summed E-state index contributed by atoms with van der Waals surface area (Å²) in [4.78, 5) is 35.1. The Hall–Kier alpha value is -3.94. The van der Waals surface area contributed by atoms with Crippen LogP contribution in [0.3, 0.4) is 0 Å². The Kier molecular flexibility index (Phi) is 8.78. The van der Waals surface area contributed by atoms with E-state index in [0.717, 1.165) is 6.08 Å². The van der Waals surface area contributed by atoms with E-state index >= 15 is 0 Å². The van der Waals surface area contributed by atoms with Gasteiger partial charge in [-0.2, -0.15) is 0 Å². The van der Waals surface area contributed by atoms with Crippen LogP contribution in [-0.4, -0.2) is 21.6 Å². The molecule has 178 valence electrons. The fourth-order valence-electron chi connectivity index (χ4n) is 2.97. The van der Waals surface area contributed by atoms with Gasteiger partial charge in [0, 0.05) is 21.7 Å². The Morgan fingerprint density at radius 1 is 0.943 bits per heavy atom. The van der Waals surface area contributed by atoms with E-state index in [1.807, 2.05) is 0 Å². The number of carbonyl (C=O) groups is 2. The Labute approximate surface area is 211 Å². The van der Waals surface area contributed by atoms with Gasteiger partial charge in [-0.3, -0.25) is 19.7 Å². The van der Waals surface area contributed by atoms with Gasteiger partial charge in [0.15, 0.2) is 11.6 Å². The lowest BCUT2D eigenvalue weighted by Crippen LogP contribution is -2.02. The van der Waals surface area contributed by atoms with Crippen molar-refractivity contribution in [2.24, 2.45) is 0 Å². The average Bonchev–Trinajstić information content (AvgIpc) is 2.81. The van der Waals surface area contributed by atoms with Gasteiger partial charge in [0.1, 0.15) is 18.1 Å². The van der Waals surface area contributed by atoms with Crippen LogP contribution in [0.5, 0.6) is 11.5 Å². The molecule has 0 unspecified atom stereocenters.